The minimum Gasteiger partial charge on any atom is -0.387 e. The number of hydrogen-bond acceptors (Lipinski definition) is 2. The zero-order valence-electron chi connectivity index (χ0n) is 7.91. The fourth-order valence-corrected chi connectivity index (χ4v) is 1.91. The fourth-order valence-electron chi connectivity index (χ4n) is 1.91. The van der Waals surface area contributed by atoms with E-state index >= 15 is 0 Å². The van der Waals surface area contributed by atoms with Crippen LogP contribution >= 0.6 is 0 Å². The van der Waals surface area contributed by atoms with Crippen molar-refractivity contribution >= 4 is 0 Å². The quantitative estimate of drug-likeness (QED) is 0.751. The van der Waals surface area contributed by atoms with Crippen molar-refractivity contribution in [1.29, 1.82) is 0 Å². The summed E-state index contributed by atoms with van der Waals surface area (Å²) in [5, 5.41) is 13.1. The molecule has 3 heteroatoms. The summed E-state index contributed by atoms with van der Waals surface area (Å²) in [6, 6.07) is 6.41. The molecule has 0 radical (unpaired) electrons. The van der Waals surface area contributed by atoms with Crippen LogP contribution in [0, 0.1) is 5.82 Å². The Morgan fingerprint density at radius 2 is 2.21 bits per heavy atom. The predicted octanol–water partition coefficient (Wildman–Crippen LogP) is 1.61. The Labute approximate surface area is 82.8 Å². The third-order valence-electron chi connectivity index (χ3n) is 2.70. The van der Waals surface area contributed by atoms with E-state index in [2.05, 4.69) is 5.32 Å². The highest BCUT2D eigenvalue weighted by Gasteiger charge is 2.25. The number of aliphatic hydroxyl groups is 1. The van der Waals surface area contributed by atoms with Gasteiger partial charge in [0.05, 0.1) is 6.10 Å². The van der Waals surface area contributed by atoms with E-state index in [9.17, 15) is 9.50 Å². The number of nitrogens with one attached hydrogen (secondary N) is 1. The average Bonchev–Trinajstić information content (AvgIpc) is 2.70. The van der Waals surface area contributed by atoms with Crippen molar-refractivity contribution in [3.05, 3.63) is 35.6 Å². The maximum atomic E-state index is 13.3. The Morgan fingerprint density at radius 1 is 1.43 bits per heavy atom. The molecule has 2 atom stereocenters. The van der Waals surface area contributed by atoms with Crippen molar-refractivity contribution < 1.29 is 9.50 Å². The second-order valence-corrected chi connectivity index (χ2v) is 3.67. The first-order chi connectivity index (χ1) is 6.79. The van der Waals surface area contributed by atoms with E-state index in [0.717, 1.165) is 19.4 Å². The van der Waals surface area contributed by atoms with Gasteiger partial charge in [-0.1, -0.05) is 18.2 Å². The van der Waals surface area contributed by atoms with Gasteiger partial charge in [-0.3, -0.25) is 0 Å². The molecule has 2 N–H and O–H groups in total. The molecule has 1 fully saturated rings. The number of benzene rings is 1. The molecule has 1 aromatic carbocycles. The van der Waals surface area contributed by atoms with Gasteiger partial charge in [-0.15, -0.1) is 0 Å². The minimum atomic E-state index is -0.723. The van der Waals surface area contributed by atoms with Crippen LogP contribution in [0.25, 0.3) is 0 Å². The molecule has 0 spiro atoms. The summed E-state index contributed by atoms with van der Waals surface area (Å²) >= 11 is 0. The van der Waals surface area contributed by atoms with E-state index in [4.69, 9.17) is 0 Å². The molecule has 1 heterocycles. The summed E-state index contributed by atoms with van der Waals surface area (Å²) < 4.78 is 13.3. The predicted molar refractivity (Wildman–Crippen MR) is 52.4 cm³/mol. The maximum Gasteiger partial charge on any atom is 0.129 e. The number of halogens is 1. The van der Waals surface area contributed by atoms with Crippen molar-refractivity contribution in [3.8, 4) is 0 Å². The Bertz CT molecular complexity index is 310. The van der Waals surface area contributed by atoms with Gasteiger partial charge in [-0.2, -0.15) is 0 Å². The highest BCUT2D eigenvalue weighted by atomic mass is 19.1. The normalized spacial score (nSPS) is 23.7. The highest BCUT2D eigenvalue weighted by Crippen LogP contribution is 2.24. The Hall–Kier alpha value is -0.930. The minimum absolute atomic E-state index is 0.00639. The zero-order valence-corrected chi connectivity index (χ0v) is 7.91. The van der Waals surface area contributed by atoms with Crippen molar-refractivity contribution in [3.63, 3.8) is 0 Å². The zero-order chi connectivity index (χ0) is 9.97. The second-order valence-electron chi connectivity index (χ2n) is 3.67. The van der Waals surface area contributed by atoms with Gasteiger partial charge in [0.25, 0.3) is 0 Å². The van der Waals surface area contributed by atoms with E-state index in [1.807, 2.05) is 0 Å². The molecule has 14 heavy (non-hydrogen) atoms. The first kappa shape index (κ1) is 9.62. The first-order valence-corrected chi connectivity index (χ1v) is 4.95. The van der Waals surface area contributed by atoms with Gasteiger partial charge in [-0.25, -0.2) is 4.39 Å². The van der Waals surface area contributed by atoms with Crippen LogP contribution in [0.1, 0.15) is 24.5 Å². The van der Waals surface area contributed by atoms with Gasteiger partial charge in [-0.05, 0) is 25.5 Å². The van der Waals surface area contributed by atoms with Crippen molar-refractivity contribution in [2.75, 3.05) is 6.54 Å². The summed E-state index contributed by atoms with van der Waals surface area (Å²) in [6.07, 6.45) is 1.24. The van der Waals surface area contributed by atoms with Crippen LogP contribution in [0.15, 0.2) is 24.3 Å². The molecule has 76 valence electrons. The summed E-state index contributed by atoms with van der Waals surface area (Å²) in [4.78, 5) is 0. The lowest BCUT2D eigenvalue weighted by Gasteiger charge is -2.18. The molecule has 0 aliphatic carbocycles. The lowest BCUT2D eigenvalue weighted by atomic mass is 10.0. The van der Waals surface area contributed by atoms with E-state index < -0.39 is 6.10 Å². The average molecular weight is 195 g/mol. The topological polar surface area (TPSA) is 32.3 Å². The Morgan fingerprint density at radius 3 is 2.86 bits per heavy atom. The van der Waals surface area contributed by atoms with Gasteiger partial charge in [0.2, 0.25) is 0 Å². The standard InChI is InChI=1S/C11H14FNO/c12-9-5-2-1-4-8(9)11(14)10-6-3-7-13-10/h1-2,4-5,10-11,13-14H,3,6-7H2/t10-,11?/m1/s1. The molecule has 2 rings (SSSR count). The molecular weight excluding hydrogens is 181 g/mol. The number of rotatable bonds is 2. The molecule has 0 saturated carbocycles. The molecule has 1 unspecified atom stereocenters. The molecule has 1 saturated heterocycles. The third-order valence-corrected chi connectivity index (χ3v) is 2.70. The molecular formula is C11H14FNO. The third kappa shape index (κ3) is 1.79. The fraction of sp³-hybridized carbons (Fsp3) is 0.455. The molecule has 1 aromatic rings. The van der Waals surface area contributed by atoms with Gasteiger partial charge in [0, 0.05) is 11.6 Å². The molecule has 0 aromatic heterocycles. The van der Waals surface area contributed by atoms with Crippen molar-refractivity contribution in [2.45, 2.75) is 25.0 Å². The van der Waals surface area contributed by atoms with Crippen LogP contribution in [-0.4, -0.2) is 17.7 Å². The molecule has 0 bridgehead atoms. The first-order valence-electron chi connectivity index (χ1n) is 4.95. The smallest absolute Gasteiger partial charge is 0.129 e. The Kier molecular flexibility index (Phi) is 2.79. The van der Waals surface area contributed by atoms with Gasteiger partial charge in [0.15, 0.2) is 0 Å². The largest absolute Gasteiger partial charge is 0.387 e. The van der Waals surface area contributed by atoms with Gasteiger partial charge in [0.1, 0.15) is 5.82 Å². The van der Waals surface area contributed by atoms with E-state index in [1.165, 1.54) is 6.07 Å². The lowest BCUT2D eigenvalue weighted by Crippen LogP contribution is -2.29. The second kappa shape index (κ2) is 4.07. The summed E-state index contributed by atoms with van der Waals surface area (Å²) in [5.41, 5.74) is 0.395. The summed E-state index contributed by atoms with van der Waals surface area (Å²) in [7, 11) is 0. The summed E-state index contributed by atoms with van der Waals surface area (Å²) in [5.74, 6) is -0.325. The maximum absolute atomic E-state index is 13.3. The molecule has 1 aliphatic heterocycles. The molecule has 2 nitrogen and oxygen atoms in total. The highest BCUT2D eigenvalue weighted by molar-refractivity contribution is 5.21. The molecule has 0 amide bonds. The van der Waals surface area contributed by atoms with E-state index in [1.54, 1.807) is 18.2 Å². The van der Waals surface area contributed by atoms with Gasteiger partial charge >= 0.3 is 0 Å². The van der Waals surface area contributed by atoms with Gasteiger partial charge < -0.3 is 10.4 Å². The van der Waals surface area contributed by atoms with E-state index in [-0.39, 0.29) is 11.9 Å². The SMILES string of the molecule is OC(c1ccccc1F)[C@H]1CCCN1. The van der Waals surface area contributed by atoms with Crippen molar-refractivity contribution in [1.82, 2.24) is 5.32 Å². The summed E-state index contributed by atoms with van der Waals surface area (Å²) in [6.45, 7) is 0.913. The number of hydrogen-bond donors (Lipinski definition) is 2. The lowest BCUT2D eigenvalue weighted by molar-refractivity contribution is 0.133. The van der Waals surface area contributed by atoms with Crippen LogP contribution < -0.4 is 5.32 Å². The number of aliphatic hydroxyl groups excluding tert-OH is 1. The van der Waals surface area contributed by atoms with Crippen LogP contribution in [0.4, 0.5) is 4.39 Å². The van der Waals surface area contributed by atoms with Crippen LogP contribution in [0.5, 0.6) is 0 Å². The van der Waals surface area contributed by atoms with Crippen LogP contribution in [-0.2, 0) is 0 Å². The van der Waals surface area contributed by atoms with Crippen molar-refractivity contribution in [2.24, 2.45) is 0 Å². The Balaban J connectivity index is 2.17. The monoisotopic (exact) mass is 195 g/mol. The van der Waals surface area contributed by atoms with E-state index in [0.29, 0.717) is 5.56 Å². The van der Waals surface area contributed by atoms with Crippen LogP contribution in [0.2, 0.25) is 0 Å². The van der Waals surface area contributed by atoms with Crippen LogP contribution in [0.3, 0.4) is 0 Å². The molecule has 1 aliphatic rings.